The summed E-state index contributed by atoms with van der Waals surface area (Å²) in [4.78, 5) is 14.8. The maximum Gasteiger partial charge on any atom is 0.231 e. The van der Waals surface area contributed by atoms with E-state index in [9.17, 15) is 4.79 Å². The van der Waals surface area contributed by atoms with Crippen LogP contribution < -0.4 is 9.47 Å². The molecular weight excluding hydrogens is 300 g/mol. The van der Waals surface area contributed by atoms with Crippen molar-refractivity contribution in [1.82, 2.24) is 9.55 Å². The average molecular weight is 309 g/mol. The van der Waals surface area contributed by atoms with E-state index in [0.29, 0.717) is 12.4 Å². The lowest BCUT2D eigenvalue weighted by atomic mass is 10.2. The van der Waals surface area contributed by atoms with Crippen molar-refractivity contribution in [3.05, 3.63) is 40.4 Å². The van der Waals surface area contributed by atoms with Gasteiger partial charge in [-0.3, -0.25) is 4.79 Å². The molecule has 0 fully saturated rings. The van der Waals surface area contributed by atoms with Gasteiger partial charge in [-0.15, -0.1) is 0 Å². The van der Waals surface area contributed by atoms with Gasteiger partial charge in [0.15, 0.2) is 23.6 Å². The zero-order valence-corrected chi connectivity index (χ0v) is 10.9. The monoisotopic (exact) mass is 308 g/mol. The molecule has 2 heterocycles. The molecular formula is C12H9BrN2O3. The van der Waals surface area contributed by atoms with E-state index < -0.39 is 0 Å². The molecule has 0 radical (unpaired) electrons. The Morgan fingerprint density at radius 3 is 2.94 bits per heavy atom. The van der Waals surface area contributed by atoms with Crippen LogP contribution in [0, 0.1) is 0 Å². The number of halogens is 1. The van der Waals surface area contributed by atoms with Gasteiger partial charge in [0, 0.05) is 16.9 Å². The molecule has 6 heteroatoms. The summed E-state index contributed by atoms with van der Waals surface area (Å²) in [5, 5.41) is 0. The first-order valence-electron chi connectivity index (χ1n) is 5.32. The first-order valence-corrected chi connectivity index (χ1v) is 6.11. The van der Waals surface area contributed by atoms with Crippen molar-refractivity contribution in [3.63, 3.8) is 0 Å². The Kier molecular flexibility index (Phi) is 2.79. The molecule has 0 saturated carbocycles. The normalized spacial score (nSPS) is 12.7. The fourth-order valence-corrected chi connectivity index (χ4v) is 2.28. The van der Waals surface area contributed by atoms with E-state index in [4.69, 9.17) is 9.47 Å². The summed E-state index contributed by atoms with van der Waals surface area (Å²) >= 11 is 3.48. The van der Waals surface area contributed by atoms with Crippen LogP contribution in [0.2, 0.25) is 0 Å². The second kappa shape index (κ2) is 4.45. The van der Waals surface area contributed by atoms with Crippen LogP contribution >= 0.6 is 15.9 Å². The lowest BCUT2D eigenvalue weighted by Crippen LogP contribution is -2.04. The molecule has 0 bridgehead atoms. The van der Waals surface area contributed by atoms with Crippen LogP contribution in [0.1, 0.15) is 16.2 Å². The van der Waals surface area contributed by atoms with Crippen LogP contribution in [0.15, 0.2) is 29.0 Å². The molecule has 1 aromatic heterocycles. The molecule has 3 rings (SSSR count). The second-order valence-electron chi connectivity index (χ2n) is 3.83. The van der Waals surface area contributed by atoms with Crippen molar-refractivity contribution in [2.24, 2.45) is 0 Å². The van der Waals surface area contributed by atoms with Crippen molar-refractivity contribution >= 4 is 22.2 Å². The third kappa shape index (κ3) is 1.88. The topological polar surface area (TPSA) is 53.4 Å². The Hall–Kier alpha value is -1.82. The van der Waals surface area contributed by atoms with Gasteiger partial charge in [-0.05, 0) is 17.7 Å². The van der Waals surface area contributed by atoms with Crippen molar-refractivity contribution in [2.75, 3.05) is 6.79 Å². The van der Waals surface area contributed by atoms with Gasteiger partial charge in [0.2, 0.25) is 6.79 Å². The second-order valence-corrected chi connectivity index (χ2v) is 4.68. The zero-order valence-electron chi connectivity index (χ0n) is 9.30. The quantitative estimate of drug-likeness (QED) is 0.816. The van der Waals surface area contributed by atoms with E-state index in [-0.39, 0.29) is 6.79 Å². The van der Waals surface area contributed by atoms with Gasteiger partial charge < -0.3 is 14.0 Å². The predicted octanol–water partition coefficient (Wildman–Crippen LogP) is 2.24. The number of aldehydes is 1. The van der Waals surface area contributed by atoms with Gasteiger partial charge in [0.05, 0.1) is 6.54 Å². The standard InChI is InChI=1S/C12H9BrN2O3/c13-9-4-11-10(17-7-18-11)3-8(9)5-15-2-1-14-12(15)6-16/h1-4,6H,5,7H2. The molecule has 0 saturated heterocycles. The highest BCUT2D eigenvalue weighted by Crippen LogP contribution is 2.37. The summed E-state index contributed by atoms with van der Waals surface area (Å²) in [6.07, 6.45) is 4.10. The molecule has 18 heavy (non-hydrogen) atoms. The predicted molar refractivity (Wildman–Crippen MR) is 67.0 cm³/mol. The smallest absolute Gasteiger partial charge is 0.231 e. The molecule has 1 aliphatic heterocycles. The molecule has 0 aliphatic carbocycles. The molecule has 0 atom stereocenters. The Morgan fingerprint density at radius 2 is 2.17 bits per heavy atom. The summed E-state index contributed by atoms with van der Waals surface area (Å²) in [5.41, 5.74) is 1.00. The molecule has 2 aromatic rings. The van der Waals surface area contributed by atoms with Gasteiger partial charge >= 0.3 is 0 Å². The van der Waals surface area contributed by atoms with Crippen LogP contribution in [0.5, 0.6) is 11.5 Å². The lowest BCUT2D eigenvalue weighted by Gasteiger charge is -2.08. The minimum absolute atomic E-state index is 0.246. The van der Waals surface area contributed by atoms with Gasteiger partial charge in [-0.1, -0.05) is 15.9 Å². The number of benzene rings is 1. The van der Waals surface area contributed by atoms with Crippen LogP contribution in [0.4, 0.5) is 0 Å². The fourth-order valence-electron chi connectivity index (χ4n) is 1.84. The number of carbonyl (C=O) groups is 1. The molecule has 0 amide bonds. The minimum Gasteiger partial charge on any atom is -0.454 e. The van der Waals surface area contributed by atoms with Crippen LogP contribution in [-0.2, 0) is 6.54 Å². The first kappa shape index (κ1) is 11.3. The number of imidazole rings is 1. The van der Waals surface area contributed by atoms with E-state index in [1.807, 2.05) is 12.1 Å². The molecule has 0 unspecified atom stereocenters. The number of hydrogen-bond donors (Lipinski definition) is 0. The Balaban J connectivity index is 1.96. The highest BCUT2D eigenvalue weighted by Gasteiger charge is 2.16. The van der Waals surface area contributed by atoms with E-state index in [1.54, 1.807) is 17.0 Å². The van der Waals surface area contributed by atoms with E-state index in [2.05, 4.69) is 20.9 Å². The van der Waals surface area contributed by atoms with Crippen LogP contribution in [0.3, 0.4) is 0 Å². The summed E-state index contributed by atoms with van der Waals surface area (Å²) in [7, 11) is 0. The SMILES string of the molecule is O=Cc1nccn1Cc1cc2c(cc1Br)OCO2. The van der Waals surface area contributed by atoms with E-state index >= 15 is 0 Å². The number of fused-ring (bicyclic) bond motifs is 1. The molecule has 5 nitrogen and oxygen atoms in total. The van der Waals surface area contributed by atoms with Gasteiger partial charge in [0.25, 0.3) is 0 Å². The Morgan fingerprint density at radius 1 is 1.39 bits per heavy atom. The minimum atomic E-state index is 0.246. The number of carbonyl (C=O) groups excluding carboxylic acids is 1. The summed E-state index contributed by atoms with van der Waals surface area (Å²) in [6.45, 7) is 0.793. The third-order valence-electron chi connectivity index (χ3n) is 2.74. The Bertz CT molecular complexity index is 609. The zero-order chi connectivity index (χ0) is 12.5. The maximum atomic E-state index is 10.8. The van der Waals surface area contributed by atoms with Gasteiger partial charge in [-0.2, -0.15) is 0 Å². The van der Waals surface area contributed by atoms with Crippen molar-refractivity contribution in [1.29, 1.82) is 0 Å². The number of hydrogen-bond acceptors (Lipinski definition) is 4. The highest BCUT2D eigenvalue weighted by molar-refractivity contribution is 9.10. The number of ether oxygens (including phenoxy) is 2. The summed E-state index contributed by atoms with van der Waals surface area (Å²) < 4.78 is 13.3. The first-order chi connectivity index (χ1) is 8.78. The van der Waals surface area contributed by atoms with Gasteiger partial charge in [-0.25, -0.2) is 4.98 Å². The van der Waals surface area contributed by atoms with Crippen molar-refractivity contribution in [3.8, 4) is 11.5 Å². The number of aromatic nitrogens is 2. The fraction of sp³-hybridized carbons (Fsp3) is 0.167. The number of rotatable bonds is 3. The van der Waals surface area contributed by atoms with Crippen molar-refractivity contribution < 1.29 is 14.3 Å². The maximum absolute atomic E-state index is 10.8. The third-order valence-corrected chi connectivity index (χ3v) is 3.47. The molecule has 92 valence electrons. The van der Waals surface area contributed by atoms with Crippen LogP contribution in [-0.4, -0.2) is 22.6 Å². The Labute approximate surface area is 111 Å². The van der Waals surface area contributed by atoms with Crippen molar-refractivity contribution in [2.45, 2.75) is 6.54 Å². The van der Waals surface area contributed by atoms with E-state index in [1.165, 1.54) is 0 Å². The summed E-state index contributed by atoms with van der Waals surface area (Å²) in [6, 6.07) is 3.77. The lowest BCUT2D eigenvalue weighted by molar-refractivity contribution is 0.111. The summed E-state index contributed by atoms with van der Waals surface area (Å²) in [5.74, 6) is 1.85. The average Bonchev–Trinajstić information content (AvgIpc) is 2.98. The molecule has 1 aromatic carbocycles. The number of nitrogens with zero attached hydrogens (tertiary/aromatic N) is 2. The molecule has 0 spiro atoms. The highest BCUT2D eigenvalue weighted by atomic mass is 79.9. The largest absolute Gasteiger partial charge is 0.454 e. The van der Waals surface area contributed by atoms with Crippen LogP contribution in [0.25, 0.3) is 0 Å². The van der Waals surface area contributed by atoms with E-state index in [0.717, 1.165) is 27.8 Å². The van der Waals surface area contributed by atoms with Gasteiger partial charge in [0.1, 0.15) is 0 Å². The molecule has 1 aliphatic rings. The molecule has 0 N–H and O–H groups in total.